The van der Waals surface area contributed by atoms with E-state index < -0.39 is 0 Å². The predicted molar refractivity (Wildman–Crippen MR) is 126 cm³/mol. The van der Waals surface area contributed by atoms with E-state index in [-0.39, 0.29) is 22.8 Å². The Morgan fingerprint density at radius 1 is 0.806 bits per heavy atom. The van der Waals surface area contributed by atoms with E-state index in [0.29, 0.717) is 6.42 Å². The second kappa shape index (κ2) is 8.94. The molecule has 2 nitrogen and oxygen atoms in total. The maximum absolute atomic E-state index is 13.8. The first-order chi connectivity index (χ1) is 15.0. The molecular formula is C28H33FN2. The van der Waals surface area contributed by atoms with Crippen LogP contribution in [0.15, 0.2) is 84.9 Å². The molecule has 0 radical (unpaired) electrons. The topological polar surface area (TPSA) is 29.3 Å². The van der Waals surface area contributed by atoms with Gasteiger partial charge in [0.1, 0.15) is 5.82 Å². The van der Waals surface area contributed by atoms with Crippen molar-refractivity contribution in [3.05, 3.63) is 107 Å². The summed E-state index contributed by atoms with van der Waals surface area (Å²) in [6.07, 6.45) is 4.75. The summed E-state index contributed by atoms with van der Waals surface area (Å²) in [6, 6.07) is 28.4. The molecule has 0 heterocycles. The Morgan fingerprint density at radius 2 is 1.39 bits per heavy atom. The summed E-state index contributed by atoms with van der Waals surface area (Å²) in [5, 5.41) is 0. The Hall–Kier alpha value is -2.49. The molecule has 3 aromatic rings. The van der Waals surface area contributed by atoms with Crippen LogP contribution in [0.4, 0.5) is 4.39 Å². The summed E-state index contributed by atoms with van der Waals surface area (Å²) in [5.74, 6) is -0.196. The number of rotatable bonds is 6. The molecule has 1 aliphatic carbocycles. The van der Waals surface area contributed by atoms with E-state index in [2.05, 4.69) is 79.7 Å². The smallest absolute Gasteiger partial charge is 0.123 e. The Balaban J connectivity index is 1.68. The van der Waals surface area contributed by atoms with Gasteiger partial charge in [-0.3, -0.25) is 4.90 Å². The highest BCUT2D eigenvalue weighted by atomic mass is 19.1. The number of nitrogens with zero attached hydrogens (tertiary/aromatic N) is 1. The van der Waals surface area contributed by atoms with Gasteiger partial charge in [-0.25, -0.2) is 4.39 Å². The zero-order valence-electron chi connectivity index (χ0n) is 18.6. The third-order valence-electron chi connectivity index (χ3n) is 7.54. The fraction of sp³-hybridized carbons (Fsp3) is 0.357. The third kappa shape index (κ3) is 4.17. The lowest BCUT2D eigenvalue weighted by atomic mass is 9.58. The molecule has 1 atom stereocenters. The molecule has 3 heteroatoms. The van der Waals surface area contributed by atoms with Crippen LogP contribution < -0.4 is 5.73 Å². The number of nitrogens with two attached hydrogens (primary N) is 1. The van der Waals surface area contributed by atoms with Crippen molar-refractivity contribution in [1.29, 1.82) is 0 Å². The van der Waals surface area contributed by atoms with E-state index in [1.807, 2.05) is 6.07 Å². The van der Waals surface area contributed by atoms with Crippen LogP contribution in [0, 0.1) is 5.82 Å². The van der Waals surface area contributed by atoms with E-state index >= 15 is 0 Å². The van der Waals surface area contributed by atoms with Crippen molar-refractivity contribution in [3.8, 4) is 0 Å². The molecule has 162 valence electrons. The first-order valence-electron chi connectivity index (χ1n) is 11.2. The summed E-state index contributed by atoms with van der Waals surface area (Å²) in [5.41, 5.74) is 10.5. The van der Waals surface area contributed by atoms with E-state index in [1.165, 1.54) is 17.2 Å². The van der Waals surface area contributed by atoms with E-state index in [1.54, 1.807) is 12.1 Å². The molecule has 0 amide bonds. The molecule has 4 rings (SSSR count). The molecule has 3 aromatic carbocycles. The SMILES string of the molecule is CN(C)C1(c2ccccc2)CCC(c2ccccc2)(C(N)Cc2cccc(F)c2)CC1. The molecule has 1 fully saturated rings. The molecule has 0 bridgehead atoms. The maximum atomic E-state index is 13.8. The van der Waals surface area contributed by atoms with Crippen molar-refractivity contribution in [2.45, 2.75) is 49.1 Å². The Morgan fingerprint density at radius 3 is 1.94 bits per heavy atom. The molecule has 2 N–H and O–H groups in total. The van der Waals surface area contributed by atoms with E-state index in [4.69, 9.17) is 5.73 Å². The molecule has 31 heavy (non-hydrogen) atoms. The average Bonchev–Trinajstić information content (AvgIpc) is 2.80. The van der Waals surface area contributed by atoms with Crippen molar-refractivity contribution in [2.24, 2.45) is 5.73 Å². The number of benzene rings is 3. The van der Waals surface area contributed by atoms with Crippen molar-refractivity contribution >= 4 is 0 Å². The predicted octanol–water partition coefficient (Wildman–Crippen LogP) is 5.66. The van der Waals surface area contributed by atoms with Crippen LogP contribution in [0.3, 0.4) is 0 Å². The molecule has 1 unspecified atom stereocenters. The van der Waals surface area contributed by atoms with Gasteiger partial charge < -0.3 is 5.73 Å². The minimum atomic E-state index is -0.196. The minimum absolute atomic E-state index is 0.0120. The standard InChI is InChI=1S/C28H33FN2/c1-31(2)28(24-13-7-4-8-14-24)18-16-27(17-19-28,23-11-5-3-6-12-23)26(30)21-22-10-9-15-25(29)20-22/h3-15,20,26H,16-19,21,30H2,1-2H3. The Kier molecular flexibility index (Phi) is 6.27. The fourth-order valence-electron chi connectivity index (χ4n) is 5.61. The van der Waals surface area contributed by atoms with Gasteiger partial charge in [-0.05, 0) is 75.0 Å². The summed E-state index contributed by atoms with van der Waals surface area (Å²) in [7, 11) is 4.38. The zero-order chi connectivity index (χ0) is 21.9. The van der Waals surface area contributed by atoms with Gasteiger partial charge in [0.05, 0.1) is 0 Å². The molecule has 0 saturated heterocycles. The van der Waals surface area contributed by atoms with E-state index in [0.717, 1.165) is 31.2 Å². The van der Waals surface area contributed by atoms with Gasteiger partial charge >= 0.3 is 0 Å². The second-order valence-electron chi connectivity index (χ2n) is 9.25. The number of hydrogen-bond donors (Lipinski definition) is 1. The lowest BCUT2D eigenvalue weighted by molar-refractivity contribution is 0.0559. The quantitative estimate of drug-likeness (QED) is 0.561. The summed E-state index contributed by atoms with van der Waals surface area (Å²) in [6.45, 7) is 0. The zero-order valence-corrected chi connectivity index (χ0v) is 18.6. The molecule has 0 aromatic heterocycles. The van der Waals surface area contributed by atoms with Crippen LogP contribution in [0.2, 0.25) is 0 Å². The van der Waals surface area contributed by atoms with Crippen molar-refractivity contribution in [3.63, 3.8) is 0 Å². The number of hydrogen-bond acceptors (Lipinski definition) is 2. The monoisotopic (exact) mass is 416 g/mol. The van der Waals surface area contributed by atoms with Gasteiger partial charge in [0.25, 0.3) is 0 Å². The van der Waals surface area contributed by atoms with Gasteiger partial charge in [-0.1, -0.05) is 72.8 Å². The highest BCUT2D eigenvalue weighted by Crippen LogP contribution is 2.51. The highest BCUT2D eigenvalue weighted by molar-refractivity contribution is 5.34. The highest BCUT2D eigenvalue weighted by Gasteiger charge is 2.48. The van der Waals surface area contributed by atoms with Gasteiger partial charge in [-0.2, -0.15) is 0 Å². The van der Waals surface area contributed by atoms with Crippen LogP contribution in [0.5, 0.6) is 0 Å². The van der Waals surface area contributed by atoms with Crippen LogP contribution in [0.25, 0.3) is 0 Å². The van der Waals surface area contributed by atoms with Crippen LogP contribution in [-0.2, 0) is 17.4 Å². The molecule has 0 aliphatic heterocycles. The van der Waals surface area contributed by atoms with Crippen LogP contribution >= 0.6 is 0 Å². The summed E-state index contributed by atoms with van der Waals surface area (Å²) < 4.78 is 13.8. The normalized spacial score (nSPS) is 24.8. The molecular weight excluding hydrogens is 383 g/mol. The van der Waals surface area contributed by atoms with E-state index in [9.17, 15) is 4.39 Å². The second-order valence-corrected chi connectivity index (χ2v) is 9.25. The lowest BCUT2D eigenvalue weighted by Crippen LogP contribution is -2.54. The average molecular weight is 417 g/mol. The van der Waals surface area contributed by atoms with Crippen molar-refractivity contribution < 1.29 is 4.39 Å². The summed E-state index contributed by atoms with van der Waals surface area (Å²) >= 11 is 0. The largest absolute Gasteiger partial charge is 0.327 e. The Bertz CT molecular complexity index is 976. The maximum Gasteiger partial charge on any atom is 0.123 e. The lowest BCUT2D eigenvalue weighted by Gasteiger charge is -2.52. The molecule has 1 saturated carbocycles. The van der Waals surface area contributed by atoms with Gasteiger partial charge in [-0.15, -0.1) is 0 Å². The van der Waals surface area contributed by atoms with Crippen molar-refractivity contribution in [2.75, 3.05) is 14.1 Å². The van der Waals surface area contributed by atoms with Gasteiger partial charge in [0.2, 0.25) is 0 Å². The molecule has 1 aliphatic rings. The number of halogens is 1. The first-order valence-corrected chi connectivity index (χ1v) is 11.2. The van der Waals surface area contributed by atoms with Crippen molar-refractivity contribution in [1.82, 2.24) is 4.90 Å². The van der Waals surface area contributed by atoms with Crippen LogP contribution in [0.1, 0.15) is 42.4 Å². The first kappa shape index (κ1) is 21.7. The summed E-state index contributed by atoms with van der Waals surface area (Å²) in [4.78, 5) is 2.38. The Labute approximate surface area is 185 Å². The van der Waals surface area contributed by atoms with Gasteiger partial charge in [0, 0.05) is 17.0 Å². The molecule has 0 spiro atoms. The van der Waals surface area contributed by atoms with Crippen LogP contribution in [-0.4, -0.2) is 25.0 Å². The fourth-order valence-corrected chi connectivity index (χ4v) is 5.61. The third-order valence-corrected chi connectivity index (χ3v) is 7.54. The minimum Gasteiger partial charge on any atom is -0.327 e. The van der Waals surface area contributed by atoms with Gasteiger partial charge in [0.15, 0.2) is 0 Å².